The van der Waals surface area contributed by atoms with Crippen molar-refractivity contribution in [1.29, 1.82) is 0 Å². The maximum Gasteiger partial charge on any atom is 0.0591 e. The molecule has 2 N–H and O–H groups in total. The predicted molar refractivity (Wildman–Crippen MR) is 80.9 cm³/mol. The summed E-state index contributed by atoms with van der Waals surface area (Å²) < 4.78 is 0. The average Bonchev–Trinajstić information content (AvgIpc) is 2.14. The van der Waals surface area contributed by atoms with Crippen molar-refractivity contribution in [3.8, 4) is 0 Å². The second-order valence-electron chi connectivity index (χ2n) is 6.53. The Labute approximate surface area is 114 Å². The zero-order chi connectivity index (χ0) is 14.2. The highest BCUT2D eigenvalue weighted by atomic mass is 16.3. The fourth-order valence-corrected chi connectivity index (χ4v) is 2.12. The molecule has 0 aliphatic carbocycles. The van der Waals surface area contributed by atoms with Crippen LogP contribution in [0.2, 0.25) is 0 Å². The molecule has 0 rings (SSSR count). The van der Waals surface area contributed by atoms with Crippen molar-refractivity contribution in [3.63, 3.8) is 0 Å². The van der Waals surface area contributed by atoms with Crippen molar-refractivity contribution in [2.45, 2.75) is 91.3 Å². The van der Waals surface area contributed by atoms with Gasteiger partial charge in [-0.1, -0.05) is 11.6 Å². The first-order chi connectivity index (χ1) is 8.20. The van der Waals surface area contributed by atoms with Gasteiger partial charge in [0.05, 0.1) is 5.60 Å². The molecule has 0 saturated heterocycles. The zero-order valence-electron chi connectivity index (χ0n) is 13.2. The summed E-state index contributed by atoms with van der Waals surface area (Å²) in [6, 6.07) is 1.10. The van der Waals surface area contributed by atoms with Crippen LogP contribution in [0.1, 0.15) is 73.6 Å². The van der Waals surface area contributed by atoms with Crippen molar-refractivity contribution in [2.75, 3.05) is 0 Å². The maximum atomic E-state index is 9.65. The van der Waals surface area contributed by atoms with Gasteiger partial charge in [-0.05, 0) is 73.6 Å². The van der Waals surface area contributed by atoms with Gasteiger partial charge in [0.2, 0.25) is 0 Å². The summed E-state index contributed by atoms with van der Waals surface area (Å²) >= 11 is 0. The molecular formula is C16H33NO. The number of nitrogens with one attached hydrogen (secondary N) is 1. The minimum atomic E-state index is -0.519. The first kappa shape index (κ1) is 17.7. The van der Waals surface area contributed by atoms with E-state index in [0.717, 1.165) is 25.7 Å². The fraction of sp³-hybridized carbons (Fsp3) is 0.875. The molecule has 0 amide bonds. The molecule has 0 radical (unpaired) electrons. The molecule has 0 fully saturated rings. The number of hydrogen-bond donors (Lipinski definition) is 2. The number of allylic oxidation sites excluding steroid dienone is 2. The molecular weight excluding hydrogens is 222 g/mol. The largest absolute Gasteiger partial charge is 0.390 e. The molecule has 0 aromatic heterocycles. The Bertz CT molecular complexity index is 236. The first-order valence-electron chi connectivity index (χ1n) is 7.32. The lowest BCUT2D eigenvalue weighted by Gasteiger charge is -2.22. The monoisotopic (exact) mass is 255 g/mol. The van der Waals surface area contributed by atoms with E-state index in [0.29, 0.717) is 12.1 Å². The molecule has 2 nitrogen and oxygen atoms in total. The Morgan fingerprint density at radius 3 is 2.22 bits per heavy atom. The van der Waals surface area contributed by atoms with Crippen molar-refractivity contribution in [2.24, 2.45) is 0 Å². The van der Waals surface area contributed by atoms with E-state index in [4.69, 9.17) is 0 Å². The van der Waals surface area contributed by atoms with Gasteiger partial charge in [-0.2, -0.15) is 0 Å². The number of rotatable bonds is 9. The topological polar surface area (TPSA) is 32.3 Å². The molecule has 0 bridgehead atoms. The Morgan fingerprint density at radius 2 is 1.72 bits per heavy atom. The van der Waals surface area contributed by atoms with Crippen LogP contribution in [-0.2, 0) is 0 Å². The fourth-order valence-electron chi connectivity index (χ4n) is 2.12. The summed E-state index contributed by atoms with van der Waals surface area (Å²) in [7, 11) is 0. The Balaban J connectivity index is 3.67. The molecule has 18 heavy (non-hydrogen) atoms. The van der Waals surface area contributed by atoms with E-state index in [1.54, 1.807) is 0 Å². The summed E-state index contributed by atoms with van der Waals surface area (Å²) in [4.78, 5) is 0. The lowest BCUT2D eigenvalue weighted by Crippen LogP contribution is -2.34. The molecule has 2 heteroatoms. The quantitative estimate of drug-likeness (QED) is 0.609. The molecule has 0 unspecified atom stereocenters. The molecule has 0 aliphatic heterocycles. The van der Waals surface area contributed by atoms with Gasteiger partial charge in [0.25, 0.3) is 0 Å². The molecule has 0 saturated carbocycles. The van der Waals surface area contributed by atoms with Crippen LogP contribution in [0.25, 0.3) is 0 Å². The van der Waals surface area contributed by atoms with Crippen LogP contribution in [0.3, 0.4) is 0 Å². The average molecular weight is 255 g/mol. The highest BCUT2D eigenvalue weighted by Crippen LogP contribution is 2.13. The third kappa shape index (κ3) is 12.1. The normalized spacial score (nSPS) is 15.3. The van der Waals surface area contributed by atoms with E-state index in [2.05, 4.69) is 39.1 Å². The van der Waals surface area contributed by atoms with Crippen LogP contribution < -0.4 is 5.32 Å². The predicted octanol–water partition coefficient (Wildman–Crippen LogP) is 4.04. The molecule has 0 spiro atoms. The van der Waals surface area contributed by atoms with Crippen LogP contribution in [0.5, 0.6) is 0 Å². The Morgan fingerprint density at radius 1 is 1.17 bits per heavy atom. The van der Waals surface area contributed by atoms with E-state index in [9.17, 15) is 5.11 Å². The van der Waals surface area contributed by atoms with Crippen LogP contribution in [0, 0.1) is 0 Å². The minimum absolute atomic E-state index is 0.519. The third-order valence-electron chi connectivity index (χ3n) is 3.15. The van der Waals surface area contributed by atoms with Gasteiger partial charge in [0.1, 0.15) is 0 Å². The van der Waals surface area contributed by atoms with Gasteiger partial charge >= 0.3 is 0 Å². The molecule has 0 aliphatic rings. The van der Waals surface area contributed by atoms with Crippen LogP contribution >= 0.6 is 0 Å². The van der Waals surface area contributed by atoms with Gasteiger partial charge < -0.3 is 10.4 Å². The summed E-state index contributed by atoms with van der Waals surface area (Å²) in [5, 5.41) is 13.3. The molecule has 0 aromatic carbocycles. The van der Waals surface area contributed by atoms with Crippen LogP contribution in [0.4, 0.5) is 0 Å². The van der Waals surface area contributed by atoms with E-state index >= 15 is 0 Å². The zero-order valence-corrected chi connectivity index (χ0v) is 13.2. The van der Waals surface area contributed by atoms with Gasteiger partial charge in [0.15, 0.2) is 0 Å². The summed E-state index contributed by atoms with van der Waals surface area (Å²) in [6.07, 6.45) is 7.76. The van der Waals surface area contributed by atoms with E-state index in [1.807, 2.05) is 13.8 Å². The SMILES string of the molecule is CC(C)=CCC[C@H](C)N[C@H](C)CCCC(C)(C)O. The summed E-state index contributed by atoms with van der Waals surface area (Å²) in [5.41, 5.74) is 0.884. The van der Waals surface area contributed by atoms with Crippen molar-refractivity contribution in [1.82, 2.24) is 5.32 Å². The van der Waals surface area contributed by atoms with Crippen LogP contribution in [0.15, 0.2) is 11.6 Å². The Kier molecular flexibility index (Phi) is 8.54. The Hall–Kier alpha value is -0.340. The molecule has 0 heterocycles. The van der Waals surface area contributed by atoms with Crippen molar-refractivity contribution in [3.05, 3.63) is 11.6 Å². The maximum absolute atomic E-state index is 9.65. The summed E-state index contributed by atoms with van der Waals surface area (Å²) in [6.45, 7) is 12.6. The number of hydrogen-bond acceptors (Lipinski definition) is 2. The van der Waals surface area contributed by atoms with E-state index in [1.165, 1.54) is 12.0 Å². The van der Waals surface area contributed by atoms with Gasteiger partial charge in [-0.25, -0.2) is 0 Å². The van der Waals surface area contributed by atoms with Gasteiger partial charge in [0, 0.05) is 12.1 Å². The second-order valence-corrected chi connectivity index (χ2v) is 6.53. The van der Waals surface area contributed by atoms with Crippen molar-refractivity contribution >= 4 is 0 Å². The van der Waals surface area contributed by atoms with Crippen LogP contribution in [-0.4, -0.2) is 22.8 Å². The van der Waals surface area contributed by atoms with Gasteiger partial charge in [-0.3, -0.25) is 0 Å². The second kappa shape index (κ2) is 8.71. The smallest absolute Gasteiger partial charge is 0.0591 e. The highest BCUT2D eigenvalue weighted by Gasteiger charge is 2.13. The standard InChI is InChI=1S/C16H33NO/c1-13(2)9-7-10-14(3)17-15(4)11-8-12-16(5,6)18/h9,14-15,17-18H,7-8,10-12H2,1-6H3/t14-,15+/m0/s1. The first-order valence-corrected chi connectivity index (χ1v) is 7.32. The van der Waals surface area contributed by atoms with Gasteiger partial charge in [-0.15, -0.1) is 0 Å². The highest BCUT2D eigenvalue weighted by molar-refractivity contribution is 4.93. The number of aliphatic hydroxyl groups is 1. The van der Waals surface area contributed by atoms with Crippen molar-refractivity contribution < 1.29 is 5.11 Å². The molecule has 0 aromatic rings. The third-order valence-corrected chi connectivity index (χ3v) is 3.15. The lowest BCUT2D eigenvalue weighted by molar-refractivity contribution is 0.0674. The summed E-state index contributed by atoms with van der Waals surface area (Å²) in [5.74, 6) is 0. The van der Waals surface area contributed by atoms with E-state index in [-0.39, 0.29) is 0 Å². The molecule has 108 valence electrons. The molecule has 2 atom stereocenters. The lowest BCUT2D eigenvalue weighted by atomic mass is 9.99. The minimum Gasteiger partial charge on any atom is -0.390 e. The van der Waals surface area contributed by atoms with E-state index < -0.39 is 5.60 Å².